The number of nitro groups is 1. The summed E-state index contributed by atoms with van der Waals surface area (Å²) in [6, 6.07) is 4.58. The van der Waals surface area contributed by atoms with E-state index in [1.807, 2.05) is 0 Å². The first-order valence-electron chi connectivity index (χ1n) is 6.18. The van der Waals surface area contributed by atoms with Gasteiger partial charge < -0.3 is 10.1 Å². The van der Waals surface area contributed by atoms with E-state index in [1.165, 1.54) is 12.1 Å². The van der Waals surface area contributed by atoms with E-state index < -0.39 is 4.92 Å². The van der Waals surface area contributed by atoms with Crippen LogP contribution in [0.25, 0.3) is 0 Å². The molecule has 0 saturated heterocycles. The van der Waals surface area contributed by atoms with Gasteiger partial charge in [0.2, 0.25) is 0 Å². The van der Waals surface area contributed by atoms with Crippen LogP contribution >= 0.6 is 0 Å². The maximum Gasteiger partial charge on any atom is 0.271 e. The fraction of sp³-hybridized carbons (Fsp3) is 0.538. The van der Waals surface area contributed by atoms with Crippen molar-refractivity contribution in [2.45, 2.75) is 26.7 Å². The molecular weight excluding hydrogens is 232 g/mol. The number of rotatable bonds is 7. The van der Waals surface area contributed by atoms with Crippen LogP contribution in [0.2, 0.25) is 0 Å². The Hall–Kier alpha value is -1.78. The predicted octanol–water partition coefficient (Wildman–Crippen LogP) is 3.45. The van der Waals surface area contributed by atoms with Crippen molar-refractivity contribution in [3.05, 3.63) is 28.3 Å². The lowest BCUT2D eigenvalue weighted by Gasteiger charge is -2.16. The van der Waals surface area contributed by atoms with Gasteiger partial charge in [-0.05, 0) is 12.0 Å². The molecule has 0 heterocycles. The zero-order valence-corrected chi connectivity index (χ0v) is 11.1. The Balaban J connectivity index is 2.84. The highest BCUT2D eigenvalue weighted by molar-refractivity contribution is 5.61. The molecule has 0 amide bonds. The van der Waals surface area contributed by atoms with Crippen molar-refractivity contribution in [2.75, 3.05) is 19.0 Å². The Morgan fingerprint density at radius 3 is 2.56 bits per heavy atom. The summed E-state index contributed by atoms with van der Waals surface area (Å²) in [6.07, 6.45) is 2.17. The SMILES string of the molecule is CCC(CC)CNc1cc([N+](=O)[O-])ccc1OC. The Morgan fingerprint density at radius 1 is 1.39 bits per heavy atom. The number of ether oxygens (including phenoxy) is 1. The van der Waals surface area contributed by atoms with Gasteiger partial charge in [-0.1, -0.05) is 26.7 Å². The average Bonchev–Trinajstić information content (AvgIpc) is 2.39. The first kappa shape index (κ1) is 14.3. The molecule has 0 aliphatic heterocycles. The summed E-state index contributed by atoms with van der Waals surface area (Å²) in [7, 11) is 1.56. The monoisotopic (exact) mass is 252 g/mol. The van der Waals surface area contributed by atoms with Crippen molar-refractivity contribution < 1.29 is 9.66 Å². The van der Waals surface area contributed by atoms with Gasteiger partial charge in [0.1, 0.15) is 5.75 Å². The van der Waals surface area contributed by atoms with Crippen LogP contribution in [0.3, 0.4) is 0 Å². The van der Waals surface area contributed by atoms with E-state index in [1.54, 1.807) is 13.2 Å². The third-order valence-corrected chi connectivity index (χ3v) is 3.13. The largest absolute Gasteiger partial charge is 0.495 e. The Kier molecular flexibility index (Phi) is 5.42. The zero-order chi connectivity index (χ0) is 13.5. The second-order valence-electron chi connectivity index (χ2n) is 4.21. The van der Waals surface area contributed by atoms with E-state index in [9.17, 15) is 10.1 Å². The zero-order valence-electron chi connectivity index (χ0n) is 11.1. The summed E-state index contributed by atoms with van der Waals surface area (Å²) in [4.78, 5) is 10.3. The molecule has 18 heavy (non-hydrogen) atoms. The summed E-state index contributed by atoms with van der Waals surface area (Å²) < 4.78 is 5.19. The summed E-state index contributed by atoms with van der Waals surface area (Å²) in [6.45, 7) is 5.07. The van der Waals surface area contributed by atoms with Crippen molar-refractivity contribution in [1.82, 2.24) is 0 Å². The van der Waals surface area contributed by atoms with Crippen LogP contribution < -0.4 is 10.1 Å². The lowest BCUT2D eigenvalue weighted by molar-refractivity contribution is -0.384. The molecule has 0 saturated carbocycles. The number of methoxy groups -OCH3 is 1. The Labute approximate surface area is 107 Å². The molecule has 1 rings (SSSR count). The minimum absolute atomic E-state index is 0.0721. The van der Waals surface area contributed by atoms with E-state index >= 15 is 0 Å². The Bertz CT molecular complexity index is 403. The topological polar surface area (TPSA) is 64.4 Å². The number of nitrogens with one attached hydrogen (secondary N) is 1. The molecule has 0 aliphatic rings. The molecule has 0 aliphatic carbocycles. The quantitative estimate of drug-likeness (QED) is 0.596. The van der Waals surface area contributed by atoms with Crippen molar-refractivity contribution in [1.29, 1.82) is 0 Å². The number of non-ortho nitro benzene ring substituents is 1. The summed E-state index contributed by atoms with van der Waals surface area (Å²) in [5, 5.41) is 14.0. The van der Waals surface area contributed by atoms with Gasteiger partial charge in [0.05, 0.1) is 17.7 Å². The molecule has 0 bridgehead atoms. The lowest BCUT2D eigenvalue weighted by atomic mass is 10.0. The smallest absolute Gasteiger partial charge is 0.271 e. The number of anilines is 1. The summed E-state index contributed by atoms with van der Waals surface area (Å²) in [5.41, 5.74) is 0.751. The minimum Gasteiger partial charge on any atom is -0.495 e. The van der Waals surface area contributed by atoms with Crippen LogP contribution in [0, 0.1) is 16.0 Å². The van der Waals surface area contributed by atoms with Gasteiger partial charge in [-0.3, -0.25) is 10.1 Å². The van der Waals surface area contributed by atoms with E-state index in [4.69, 9.17) is 4.74 Å². The third kappa shape index (κ3) is 3.61. The average molecular weight is 252 g/mol. The highest BCUT2D eigenvalue weighted by atomic mass is 16.6. The summed E-state index contributed by atoms with van der Waals surface area (Å²) in [5.74, 6) is 1.19. The molecular formula is C13H20N2O3. The molecule has 0 radical (unpaired) electrons. The fourth-order valence-corrected chi connectivity index (χ4v) is 1.78. The van der Waals surface area contributed by atoms with Gasteiger partial charge >= 0.3 is 0 Å². The van der Waals surface area contributed by atoms with E-state index in [0.29, 0.717) is 17.4 Å². The van der Waals surface area contributed by atoms with Crippen LogP contribution in [0.5, 0.6) is 5.75 Å². The van der Waals surface area contributed by atoms with Gasteiger partial charge in [0, 0.05) is 18.7 Å². The first-order valence-corrected chi connectivity index (χ1v) is 6.18. The molecule has 100 valence electrons. The third-order valence-electron chi connectivity index (χ3n) is 3.13. The maximum absolute atomic E-state index is 10.7. The van der Waals surface area contributed by atoms with Gasteiger partial charge in [0.25, 0.3) is 5.69 Å². The van der Waals surface area contributed by atoms with Gasteiger partial charge in [0.15, 0.2) is 0 Å². The standard InChI is InChI=1S/C13H20N2O3/c1-4-10(5-2)9-14-12-8-11(15(16)17)6-7-13(12)18-3/h6-8,10,14H,4-5,9H2,1-3H3. The molecule has 0 spiro atoms. The van der Waals surface area contributed by atoms with Crippen LogP contribution in [-0.4, -0.2) is 18.6 Å². The summed E-state index contributed by atoms with van der Waals surface area (Å²) >= 11 is 0. The van der Waals surface area contributed by atoms with Crippen molar-refractivity contribution in [3.63, 3.8) is 0 Å². The van der Waals surface area contributed by atoms with Crippen LogP contribution in [0.1, 0.15) is 26.7 Å². The molecule has 0 aromatic heterocycles. The van der Waals surface area contributed by atoms with E-state index in [0.717, 1.165) is 19.4 Å². The van der Waals surface area contributed by atoms with Crippen molar-refractivity contribution in [3.8, 4) is 5.75 Å². The van der Waals surface area contributed by atoms with Crippen molar-refractivity contribution >= 4 is 11.4 Å². The minimum atomic E-state index is -0.401. The molecule has 0 fully saturated rings. The lowest BCUT2D eigenvalue weighted by Crippen LogP contribution is -2.13. The fourth-order valence-electron chi connectivity index (χ4n) is 1.78. The first-order chi connectivity index (χ1) is 8.62. The predicted molar refractivity (Wildman–Crippen MR) is 72.2 cm³/mol. The number of nitro benzene ring substituents is 1. The number of benzene rings is 1. The number of hydrogen-bond donors (Lipinski definition) is 1. The second kappa shape index (κ2) is 6.83. The maximum atomic E-state index is 10.7. The molecule has 5 heteroatoms. The normalized spacial score (nSPS) is 10.4. The van der Waals surface area contributed by atoms with Crippen LogP contribution in [-0.2, 0) is 0 Å². The molecule has 1 aromatic rings. The second-order valence-corrected chi connectivity index (χ2v) is 4.21. The Morgan fingerprint density at radius 2 is 2.06 bits per heavy atom. The van der Waals surface area contributed by atoms with Gasteiger partial charge in [-0.15, -0.1) is 0 Å². The molecule has 0 atom stereocenters. The van der Waals surface area contributed by atoms with E-state index in [-0.39, 0.29) is 5.69 Å². The molecule has 0 unspecified atom stereocenters. The highest BCUT2D eigenvalue weighted by Crippen LogP contribution is 2.29. The van der Waals surface area contributed by atoms with E-state index in [2.05, 4.69) is 19.2 Å². The number of hydrogen-bond acceptors (Lipinski definition) is 4. The molecule has 1 aromatic carbocycles. The van der Waals surface area contributed by atoms with Crippen LogP contribution in [0.4, 0.5) is 11.4 Å². The molecule has 1 N–H and O–H groups in total. The highest BCUT2D eigenvalue weighted by Gasteiger charge is 2.12. The molecule has 5 nitrogen and oxygen atoms in total. The van der Waals surface area contributed by atoms with Crippen LogP contribution in [0.15, 0.2) is 18.2 Å². The van der Waals surface area contributed by atoms with Gasteiger partial charge in [-0.25, -0.2) is 0 Å². The number of nitrogens with zero attached hydrogens (tertiary/aromatic N) is 1. The van der Waals surface area contributed by atoms with Crippen molar-refractivity contribution in [2.24, 2.45) is 5.92 Å². The van der Waals surface area contributed by atoms with Gasteiger partial charge in [-0.2, -0.15) is 0 Å².